The van der Waals surface area contributed by atoms with Crippen molar-refractivity contribution < 1.29 is 0 Å². The van der Waals surface area contributed by atoms with Crippen molar-refractivity contribution in [2.45, 2.75) is 77.3 Å². The standard InChI is InChI=1S/C12H25B/c1-3-10-13(11-4-2)12-8-6-5-7-9-12/h12H,3-11H2,1-2H3. The van der Waals surface area contributed by atoms with E-state index < -0.39 is 0 Å². The molecule has 1 saturated carbocycles. The highest BCUT2D eigenvalue weighted by Crippen LogP contribution is 2.34. The second kappa shape index (κ2) is 6.51. The molecule has 0 radical (unpaired) electrons. The normalized spacial score (nSPS) is 18.9. The second-order valence-electron chi connectivity index (χ2n) is 4.74. The van der Waals surface area contributed by atoms with Gasteiger partial charge in [0, 0.05) is 0 Å². The van der Waals surface area contributed by atoms with Gasteiger partial charge < -0.3 is 0 Å². The minimum absolute atomic E-state index is 1.07. The highest BCUT2D eigenvalue weighted by molar-refractivity contribution is 6.60. The van der Waals surface area contributed by atoms with Crippen LogP contribution in [0.1, 0.15) is 58.8 Å². The topological polar surface area (TPSA) is 0 Å². The minimum Gasteiger partial charge on any atom is -0.0742 e. The molecule has 0 aromatic rings. The first-order valence-electron chi connectivity index (χ1n) is 6.38. The highest BCUT2D eigenvalue weighted by atomic mass is 14.1. The molecule has 0 aliphatic heterocycles. The average Bonchev–Trinajstić information content (AvgIpc) is 2.19. The Labute approximate surface area is 84.6 Å². The van der Waals surface area contributed by atoms with Gasteiger partial charge in [-0.25, -0.2) is 0 Å². The van der Waals surface area contributed by atoms with Gasteiger partial charge in [0.1, 0.15) is 6.71 Å². The molecule has 0 bridgehead atoms. The van der Waals surface area contributed by atoms with Crippen molar-refractivity contribution in [1.29, 1.82) is 0 Å². The van der Waals surface area contributed by atoms with Gasteiger partial charge >= 0.3 is 0 Å². The van der Waals surface area contributed by atoms with Gasteiger partial charge in [-0.1, -0.05) is 77.3 Å². The van der Waals surface area contributed by atoms with Crippen LogP contribution in [0.25, 0.3) is 0 Å². The predicted octanol–water partition coefficient (Wildman–Crippen LogP) is 4.64. The van der Waals surface area contributed by atoms with Gasteiger partial charge in [0.15, 0.2) is 0 Å². The summed E-state index contributed by atoms with van der Waals surface area (Å²) < 4.78 is 0. The van der Waals surface area contributed by atoms with Crippen molar-refractivity contribution in [3.63, 3.8) is 0 Å². The Morgan fingerprint density at radius 2 is 1.46 bits per heavy atom. The Hall–Kier alpha value is 0.0649. The molecule has 0 atom stereocenters. The first kappa shape index (κ1) is 11.1. The lowest BCUT2D eigenvalue weighted by Crippen LogP contribution is -2.22. The molecule has 0 amide bonds. The molecule has 1 aliphatic rings. The fourth-order valence-electron chi connectivity index (χ4n) is 2.96. The van der Waals surface area contributed by atoms with Crippen LogP contribution >= 0.6 is 0 Å². The molecule has 0 nitrogen and oxygen atoms in total. The van der Waals surface area contributed by atoms with Crippen LogP contribution in [-0.4, -0.2) is 6.71 Å². The third-order valence-corrected chi connectivity index (χ3v) is 3.64. The van der Waals surface area contributed by atoms with Crippen LogP contribution in [0.4, 0.5) is 0 Å². The molecule has 0 aromatic carbocycles. The lowest BCUT2D eigenvalue weighted by molar-refractivity contribution is 0.493. The Balaban J connectivity index is 2.32. The second-order valence-corrected chi connectivity index (χ2v) is 4.74. The fraction of sp³-hybridized carbons (Fsp3) is 1.00. The van der Waals surface area contributed by atoms with Crippen molar-refractivity contribution in [1.82, 2.24) is 0 Å². The number of rotatable bonds is 5. The van der Waals surface area contributed by atoms with Crippen LogP contribution in [-0.2, 0) is 0 Å². The molecule has 0 aromatic heterocycles. The largest absolute Gasteiger partial charge is 0.143 e. The molecular weight excluding hydrogens is 155 g/mol. The van der Waals surface area contributed by atoms with E-state index in [4.69, 9.17) is 0 Å². The van der Waals surface area contributed by atoms with Crippen molar-refractivity contribution in [3.05, 3.63) is 0 Å². The molecule has 1 fully saturated rings. The number of hydrogen-bond acceptors (Lipinski definition) is 0. The van der Waals surface area contributed by atoms with Gasteiger partial charge in [-0.2, -0.15) is 0 Å². The quantitative estimate of drug-likeness (QED) is 0.541. The van der Waals surface area contributed by atoms with E-state index in [0.29, 0.717) is 0 Å². The molecule has 76 valence electrons. The number of hydrogen-bond donors (Lipinski definition) is 0. The summed E-state index contributed by atoms with van der Waals surface area (Å²) in [6.45, 7) is 5.74. The zero-order chi connectivity index (χ0) is 9.52. The first-order valence-corrected chi connectivity index (χ1v) is 6.38. The predicted molar refractivity (Wildman–Crippen MR) is 62.8 cm³/mol. The lowest BCUT2D eigenvalue weighted by atomic mass is 9.34. The smallest absolute Gasteiger partial charge is 0.0742 e. The molecule has 0 heterocycles. The van der Waals surface area contributed by atoms with Crippen LogP contribution < -0.4 is 0 Å². The molecule has 0 saturated heterocycles. The zero-order valence-electron chi connectivity index (χ0n) is 9.52. The summed E-state index contributed by atoms with van der Waals surface area (Å²) in [4.78, 5) is 0. The van der Waals surface area contributed by atoms with Crippen molar-refractivity contribution in [3.8, 4) is 0 Å². The van der Waals surface area contributed by atoms with Crippen molar-refractivity contribution >= 4 is 6.71 Å². The first-order chi connectivity index (χ1) is 6.38. The fourth-order valence-corrected chi connectivity index (χ4v) is 2.96. The van der Waals surface area contributed by atoms with Crippen molar-refractivity contribution in [2.75, 3.05) is 0 Å². The van der Waals surface area contributed by atoms with Crippen LogP contribution in [0.2, 0.25) is 18.5 Å². The Bertz CT molecular complexity index is 110. The van der Waals surface area contributed by atoms with E-state index in [1.54, 1.807) is 0 Å². The molecule has 1 rings (SSSR count). The van der Waals surface area contributed by atoms with Gasteiger partial charge in [-0.05, 0) is 0 Å². The summed E-state index contributed by atoms with van der Waals surface area (Å²) in [6, 6.07) is 0. The molecular formula is C12H25B. The van der Waals surface area contributed by atoms with Gasteiger partial charge in [0.05, 0.1) is 0 Å². The third-order valence-electron chi connectivity index (χ3n) is 3.64. The summed E-state index contributed by atoms with van der Waals surface area (Å²) in [5.74, 6) is 1.09. The highest BCUT2D eigenvalue weighted by Gasteiger charge is 2.24. The summed E-state index contributed by atoms with van der Waals surface area (Å²) in [7, 11) is 0. The molecule has 1 aliphatic carbocycles. The van der Waals surface area contributed by atoms with E-state index in [1.165, 1.54) is 57.6 Å². The Kier molecular flexibility index (Phi) is 5.58. The average molecular weight is 180 g/mol. The van der Waals surface area contributed by atoms with E-state index in [2.05, 4.69) is 13.8 Å². The molecule has 0 N–H and O–H groups in total. The summed E-state index contributed by atoms with van der Waals surface area (Å²) in [6.07, 6.45) is 13.3. The van der Waals surface area contributed by atoms with E-state index in [1.807, 2.05) is 0 Å². The van der Waals surface area contributed by atoms with Gasteiger partial charge in [0.2, 0.25) is 0 Å². The van der Waals surface area contributed by atoms with Crippen LogP contribution in [0, 0.1) is 0 Å². The maximum atomic E-state index is 2.34. The van der Waals surface area contributed by atoms with E-state index in [0.717, 1.165) is 12.5 Å². The third kappa shape index (κ3) is 3.75. The van der Waals surface area contributed by atoms with Crippen LogP contribution in [0.5, 0.6) is 0 Å². The van der Waals surface area contributed by atoms with Gasteiger partial charge in [-0.15, -0.1) is 0 Å². The SMILES string of the molecule is CCCB(CCC)C1CCCCC1. The van der Waals surface area contributed by atoms with E-state index in [9.17, 15) is 0 Å². The molecule has 1 heteroatoms. The van der Waals surface area contributed by atoms with Crippen LogP contribution in [0.15, 0.2) is 0 Å². The molecule has 0 unspecified atom stereocenters. The Morgan fingerprint density at radius 1 is 0.923 bits per heavy atom. The molecule has 0 spiro atoms. The lowest BCUT2D eigenvalue weighted by Gasteiger charge is -2.27. The Morgan fingerprint density at radius 3 is 1.92 bits per heavy atom. The minimum atomic E-state index is 1.07. The maximum Gasteiger partial charge on any atom is 0.143 e. The van der Waals surface area contributed by atoms with Gasteiger partial charge in [-0.3, -0.25) is 0 Å². The summed E-state index contributed by atoms with van der Waals surface area (Å²) in [5.41, 5.74) is 0. The summed E-state index contributed by atoms with van der Waals surface area (Å²) >= 11 is 0. The van der Waals surface area contributed by atoms with E-state index >= 15 is 0 Å². The van der Waals surface area contributed by atoms with Gasteiger partial charge in [0.25, 0.3) is 0 Å². The maximum absolute atomic E-state index is 2.34. The van der Waals surface area contributed by atoms with Crippen molar-refractivity contribution in [2.24, 2.45) is 0 Å². The van der Waals surface area contributed by atoms with E-state index in [-0.39, 0.29) is 0 Å². The zero-order valence-corrected chi connectivity index (χ0v) is 9.52. The van der Waals surface area contributed by atoms with Crippen LogP contribution in [0.3, 0.4) is 0 Å². The molecule has 13 heavy (non-hydrogen) atoms. The summed E-state index contributed by atoms with van der Waals surface area (Å²) in [5, 5.41) is 0. The monoisotopic (exact) mass is 180 g/mol.